The van der Waals surface area contributed by atoms with E-state index in [1.165, 1.54) is 5.00 Å². The number of fused-ring (bicyclic) bond motifs is 1. The molecule has 0 saturated carbocycles. The van der Waals surface area contributed by atoms with Gasteiger partial charge in [0.2, 0.25) is 6.10 Å². The molecule has 1 saturated heterocycles. The Kier molecular flexibility index (Phi) is 5.03. The largest absolute Gasteiger partial charge is 0.485 e. The van der Waals surface area contributed by atoms with Gasteiger partial charge in [0.05, 0.1) is 24.4 Å². The molecule has 1 aromatic carbocycles. The van der Waals surface area contributed by atoms with Gasteiger partial charge in [-0.2, -0.15) is 5.10 Å². The van der Waals surface area contributed by atoms with Crippen molar-refractivity contribution in [2.75, 3.05) is 37.8 Å². The first kappa shape index (κ1) is 16.9. The Morgan fingerprint density at radius 2 is 2.00 bits per heavy atom. The SMILES string of the molecule is O=C(NN=Cc1ccc(N2CCOCC2)s1)[C@@H]1COc2ccccc2O1. The van der Waals surface area contributed by atoms with E-state index in [1.54, 1.807) is 23.6 Å². The minimum Gasteiger partial charge on any atom is -0.485 e. The first-order valence-corrected chi connectivity index (χ1v) is 9.25. The molecule has 4 rings (SSSR count). The summed E-state index contributed by atoms with van der Waals surface area (Å²) < 4.78 is 16.6. The van der Waals surface area contributed by atoms with Gasteiger partial charge in [0.15, 0.2) is 11.5 Å². The average Bonchev–Trinajstić information content (AvgIpc) is 3.17. The van der Waals surface area contributed by atoms with Gasteiger partial charge in [0, 0.05) is 18.0 Å². The molecule has 3 heterocycles. The van der Waals surface area contributed by atoms with Gasteiger partial charge in [-0.25, -0.2) is 5.43 Å². The van der Waals surface area contributed by atoms with Crippen LogP contribution in [0.2, 0.25) is 0 Å². The van der Waals surface area contributed by atoms with Crippen molar-refractivity contribution in [1.29, 1.82) is 0 Å². The third-order valence-electron chi connectivity index (χ3n) is 4.10. The van der Waals surface area contributed by atoms with E-state index >= 15 is 0 Å². The molecular weight excluding hydrogens is 354 g/mol. The minimum atomic E-state index is -0.714. The molecule has 0 unspecified atom stereocenters. The van der Waals surface area contributed by atoms with Crippen LogP contribution in [0.1, 0.15) is 4.88 Å². The lowest BCUT2D eigenvalue weighted by Gasteiger charge is -2.27. The average molecular weight is 373 g/mol. The fraction of sp³-hybridized carbons (Fsp3) is 0.333. The molecule has 0 aliphatic carbocycles. The number of benzene rings is 1. The molecular formula is C18H19N3O4S. The lowest BCUT2D eigenvalue weighted by molar-refractivity contribution is -0.130. The van der Waals surface area contributed by atoms with E-state index in [-0.39, 0.29) is 12.5 Å². The topological polar surface area (TPSA) is 72.4 Å². The van der Waals surface area contributed by atoms with Gasteiger partial charge >= 0.3 is 0 Å². The van der Waals surface area contributed by atoms with Crippen molar-refractivity contribution < 1.29 is 19.0 Å². The van der Waals surface area contributed by atoms with Gasteiger partial charge in [-0.1, -0.05) is 12.1 Å². The summed E-state index contributed by atoms with van der Waals surface area (Å²) in [4.78, 5) is 15.5. The summed E-state index contributed by atoms with van der Waals surface area (Å²) in [6.07, 6.45) is 0.929. The maximum Gasteiger partial charge on any atom is 0.284 e. The predicted molar refractivity (Wildman–Crippen MR) is 99.4 cm³/mol. The smallest absolute Gasteiger partial charge is 0.284 e. The van der Waals surface area contributed by atoms with E-state index in [9.17, 15) is 4.79 Å². The zero-order chi connectivity index (χ0) is 17.8. The number of amides is 1. The summed E-state index contributed by atoms with van der Waals surface area (Å²) >= 11 is 1.63. The Morgan fingerprint density at radius 1 is 1.19 bits per heavy atom. The Morgan fingerprint density at radius 3 is 2.85 bits per heavy atom. The number of carbonyl (C=O) groups is 1. The molecule has 7 nitrogen and oxygen atoms in total. The van der Waals surface area contributed by atoms with E-state index in [4.69, 9.17) is 14.2 Å². The number of hydrogen-bond acceptors (Lipinski definition) is 7. The number of nitrogens with zero attached hydrogens (tertiary/aromatic N) is 2. The van der Waals surface area contributed by atoms with Crippen molar-refractivity contribution in [3.63, 3.8) is 0 Å². The van der Waals surface area contributed by atoms with Crippen LogP contribution in [-0.4, -0.2) is 51.1 Å². The number of carbonyl (C=O) groups excluding carboxylic acids is 1. The van der Waals surface area contributed by atoms with Gasteiger partial charge in [-0.05, 0) is 24.3 Å². The zero-order valence-corrected chi connectivity index (χ0v) is 14.9. The van der Waals surface area contributed by atoms with Crippen LogP contribution in [0.4, 0.5) is 5.00 Å². The molecule has 0 bridgehead atoms. The normalized spacial score (nSPS) is 19.5. The third kappa shape index (κ3) is 3.81. The van der Waals surface area contributed by atoms with E-state index in [0.717, 1.165) is 31.2 Å². The summed E-state index contributed by atoms with van der Waals surface area (Å²) in [7, 11) is 0. The van der Waals surface area contributed by atoms with Crippen LogP contribution < -0.4 is 19.8 Å². The summed E-state index contributed by atoms with van der Waals surface area (Å²) in [6, 6.07) is 11.3. The van der Waals surface area contributed by atoms with Crippen LogP contribution in [0.25, 0.3) is 0 Å². The second-order valence-corrected chi connectivity index (χ2v) is 6.97. The van der Waals surface area contributed by atoms with Crippen molar-refractivity contribution in [3.8, 4) is 11.5 Å². The van der Waals surface area contributed by atoms with Crippen LogP contribution in [0.5, 0.6) is 11.5 Å². The number of morpholine rings is 1. The highest BCUT2D eigenvalue weighted by Gasteiger charge is 2.27. The molecule has 1 N–H and O–H groups in total. The van der Waals surface area contributed by atoms with Crippen molar-refractivity contribution in [2.24, 2.45) is 5.10 Å². The van der Waals surface area contributed by atoms with Gasteiger partial charge in [0.1, 0.15) is 6.61 Å². The third-order valence-corrected chi connectivity index (χ3v) is 5.18. The maximum atomic E-state index is 12.2. The first-order chi connectivity index (χ1) is 12.8. The fourth-order valence-corrected chi connectivity index (χ4v) is 3.68. The number of hydrazone groups is 1. The molecule has 1 atom stereocenters. The van der Waals surface area contributed by atoms with Crippen molar-refractivity contribution in [1.82, 2.24) is 5.43 Å². The van der Waals surface area contributed by atoms with Crippen molar-refractivity contribution in [3.05, 3.63) is 41.3 Å². The standard InChI is InChI=1S/C18H19N3O4S/c22-18(16-12-24-14-3-1-2-4-15(14)25-16)20-19-11-13-5-6-17(26-13)21-7-9-23-10-8-21/h1-6,11,16H,7-10,12H2,(H,20,22)/t16-/m0/s1. The highest BCUT2D eigenvalue weighted by Crippen LogP contribution is 2.30. The lowest BCUT2D eigenvalue weighted by Crippen LogP contribution is -2.42. The number of nitrogens with one attached hydrogen (secondary N) is 1. The van der Waals surface area contributed by atoms with Crippen LogP contribution in [0.3, 0.4) is 0 Å². The quantitative estimate of drug-likeness (QED) is 0.654. The van der Waals surface area contributed by atoms with E-state index in [1.807, 2.05) is 24.3 Å². The monoisotopic (exact) mass is 373 g/mol. The molecule has 136 valence electrons. The molecule has 2 aliphatic rings. The predicted octanol–water partition coefficient (Wildman–Crippen LogP) is 1.87. The number of thiophene rings is 1. The zero-order valence-electron chi connectivity index (χ0n) is 14.1. The highest BCUT2D eigenvalue weighted by molar-refractivity contribution is 7.17. The molecule has 26 heavy (non-hydrogen) atoms. The van der Waals surface area contributed by atoms with E-state index in [2.05, 4.69) is 21.5 Å². The number of ether oxygens (including phenoxy) is 3. The molecule has 0 spiro atoms. The summed E-state index contributed by atoms with van der Waals surface area (Å²) in [6.45, 7) is 3.47. The van der Waals surface area contributed by atoms with Gasteiger partial charge in [-0.15, -0.1) is 11.3 Å². The minimum absolute atomic E-state index is 0.165. The second-order valence-electron chi connectivity index (χ2n) is 5.87. The molecule has 1 aromatic heterocycles. The molecule has 2 aliphatic heterocycles. The number of rotatable bonds is 4. The van der Waals surface area contributed by atoms with Crippen molar-refractivity contribution >= 4 is 28.5 Å². The first-order valence-electron chi connectivity index (χ1n) is 8.43. The van der Waals surface area contributed by atoms with E-state index in [0.29, 0.717) is 11.5 Å². The lowest BCUT2D eigenvalue weighted by atomic mass is 10.2. The van der Waals surface area contributed by atoms with Gasteiger partial charge < -0.3 is 19.1 Å². The summed E-state index contributed by atoms with van der Waals surface area (Å²) in [5, 5.41) is 5.22. The van der Waals surface area contributed by atoms with Crippen LogP contribution >= 0.6 is 11.3 Å². The Labute approximate surface area is 155 Å². The van der Waals surface area contributed by atoms with E-state index < -0.39 is 6.10 Å². The highest BCUT2D eigenvalue weighted by atomic mass is 32.1. The molecule has 1 amide bonds. The second kappa shape index (κ2) is 7.76. The number of hydrogen-bond donors (Lipinski definition) is 1. The number of para-hydroxylation sites is 2. The molecule has 8 heteroatoms. The fourth-order valence-electron chi connectivity index (χ4n) is 2.75. The molecule has 1 fully saturated rings. The Balaban J connectivity index is 1.31. The summed E-state index contributed by atoms with van der Waals surface area (Å²) in [5.41, 5.74) is 2.52. The van der Waals surface area contributed by atoms with Gasteiger partial charge in [-0.3, -0.25) is 4.79 Å². The molecule has 0 radical (unpaired) electrons. The van der Waals surface area contributed by atoms with Crippen LogP contribution in [0, 0.1) is 0 Å². The Hall–Kier alpha value is -2.58. The summed E-state index contributed by atoms with van der Waals surface area (Å²) in [5.74, 6) is 0.881. The van der Waals surface area contributed by atoms with Gasteiger partial charge in [0.25, 0.3) is 5.91 Å². The van der Waals surface area contributed by atoms with Crippen LogP contribution in [0.15, 0.2) is 41.5 Å². The van der Waals surface area contributed by atoms with Crippen molar-refractivity contribution in [2.45, 2.75) is 6.10 Å². The Bertz CT molecular complexity index is 801. The molecule has 2 aromatic rings. The van der Waals surface area contributed by atoms with Crippen LogP contribution in [-0.2, 0) is 9.53 Å². The number of anilines is 1. The maximum absolute atomic E-state index is 12.2.